The SMILES string of the molecule is Fc1ccc(CCNC2CCCc3ccccc32)cc1. The molecule has 1 atom stereocenters. The summed E-state index contributed by atoms with van der Waals surface area (Å²) in [5.41, 5.74) is 4.12. The first-order valence-corrected chi connectivity index (χ1v) is 7.38. The van der Waals surface area contributed by atoms with Gasteiger partial charge in [-0.1, -0.05) is 36.4 Å². The molecule has 0 saturated carbocycles. The van der Waals surface area contributed by atoms with Gasteiger partial charge in [-0.2, -0.15) is 0 Å². The number of rotatable bonds is 4. The van der Waals surface area contributed by atoms with Crippen LogP contribution in [0.25, 0.3) is 0 Å². The Morgan fingerprint density at radius 1 is 1.05 bits per heavy atom. The van der Waals surface area contributed by atoms with Crippen LogP contribution in [0.5, 0.6) is 0 Å². The van der Waals surface area contributed by atoms with Crippen LogP contribution in [0, 0.1) is 5.82 Å². The molecule has 1 unspecified atom stereocenters. The number of benzene rings is 2. The van der Waals surface area contributed by atoms with Crippen LogP contribution >= 0.6 is 0 Å². The molecule has 0 heterocycles. The molecule has 0 bridgehead atoms. The van der Waals surface area contributed by atoms with Crippen molar-refractivity contribution in [1.29, 1.82) is 0 Å². The first-order valence-electron chi connectivity index (χ1n) is 7.38. The van der Waals surface area contributed by atoms with Crippen molar-refractivity contribution in [3.8, 4) is 0 Å². The molecule has 1 aliphatic carbocycles. The van der Waals surface area contributed by atoms with Crippen LogP contribution in [-0.4, -0.2) is 6.54 Å². The lowest BCUT2D eigenvalue weighted by molar-refractivity contribution is 0.463. The van der Waals surface area contributed by atoms with Gasteiger partial charge in [0.05, 0.1) is 0 Å². The highest BCUT2D eigenvalue weighted by Gasteiger charge is 2.18. The Balaban J connectivity index is 1.58. The van der Waals surface area contributed by atoms with E-state index in [0.29, 0.717) is 6.04 Å². The van der Waals surface area contributed by atoms with E-state index in [1.807, 2.05) is 12.1 Å². The van der Waals surface area contributed by atoms with Crippen LogP contribution < -0.4 is 5.32 Å². The van der Waals surface area contributed by atoms with E-state index in [0.717, 1.165) is 13.0 Å². The second kappa shape index (κ2) is 6.19. The maximum atomic E-state index is 12.8. The summed E-state index contributed by atoms with van der Waals surface area (Å²) >= 11 is 0. The lowest BCUT2D eigenvalue weighted by atomic mass is 9.87. The standard InChI is InChI=1S/C18H20FN/c19-16-10-8-14(9-11-16)12-13-20-18-7-3-5-15-4-1-2-6-17(15)18/h1-2,4,6,8-11,18,20H,3,5,7,12-13H2. The van der Waals surface area contributed by atoms with Crippen molar-refractivity contribution < 1.29 is 4.39 Å². The largest absolute Gasteiger partial charge is 0.310 e. The van der Waals surface area contributed by atoms with E-state index in [9.17, 15) is 4.39 Å². The minimum Gasteiger partial charge on any atom is -0.310 e. The lowest BCUT2D eigenvalue weighted by Crippen LogP contribution is -2.27. The normalized spacial score (nSPS) is 17.8. The van der Waals surface area contributed by atoms with Crippen molar-refractivity contribution in [2.45, 2.75) is 31.7 Å². The van der Waals surface area contributed by atoms with E-state index in [4.69, 9.17) is 0 Å². The molecule has 1 aliphatic rings. The third-order valence-corrected chi connectivity index (χ3v) is 4.09. The van der Waals surface area contributed by atoms with Gasteiger partial charge < -0.3 is 5.32 Å². The second-order valence-electron chi connectivity index (χ2n) is 5.47. The molecule has 1 N–H and O–H groups in total. The van der Waals surface area contributed by atoms with Crippen LogP contribution in [0.2, 0.25) is 0 Å². The van der Waals surface area contributed by atoms with Crippen molar-refractivity contribution in [2.24, 2.45) is 0 Å². The topological polar surface area (TPSA) is 12.0 Å². The maximum Gasteiger partial charge on any atom is 0.123 e. The van der Waals surface area contributed by atoms with Crippen molar-refractivity contribution >= 4 is 0 Å². The van der Waals surface area contributed by atoms with Crippen molar-refractivity contribution in [3.63, 3.8) is 0 Å². The summed E-state index contributed by atoms with van der Waals surface area (Å²) in [6, 6.07) is 16.0. The molecular weight excluding hydrogens is 249 g/mol. The van der Waals surface area contributed by atoms with E-state index in [1.54, 1.807) is 0 Å². The zero-order valence-electron chi connectivity index (χ0n) is 11.6. The molecule has 0 radical (unpaired) electrons. The Morgan fingerprint density at radius 3 is 2.70 bits per heavy atom. The summed E-state index contributed by atoms with van der Waals surface area (Å²) in [5.74, 6) is -0.164. The third kappa shape index (κ3) is 3.07. The minimum absolute atomic E-state index is 0.164. The van der Waals surface area contributed by atoms with Gasteiger partial charge in [0.25, 0.3) is 0 Å². The Morgan fingerprint density at radius 2 is 1.85 bits per heavy atom. The predicted molar refractivity (Wildman–Crippen MR) is 80.2 cm³/mol. The molecule has 2 heteroatoms. The van der Waals surface area contributed by atoms with Crippen LogP contribution in [0.3, 0.4) is 0 Å². The molecule has 1 nitrogen and oxygen atoms in total. The number of nitrogens with one attached hydrogen (secondary N) is 1. The van der Waals surface area contributed by atoms with E-state index in [2.05, 4.69) is 29.6 Å². The van der Waals surface area contributed by atoms with Crippen LogP contribution in [0.15, 0.2) is 48.5 Å². The summed E-state index contributed by atoms with van der Waals surface area (Å²) in [6.45, 7) is 0.935. The van der Waals surface area contributed by atoms with E-state index < -0.39 is 0 Å². The van der Waals surface area contributed by atoms with Gasteiger partial charge in [-0.3, -0.25) is 0 Å². The first-order chi connectivity index (χ1) is 9.83. The van der Waals surface area contributed by atoms with Gasteiger partial charge >= 0.3 is 0 Å². The molecule has 0 fully saturated rings. The molecule has 104 valence electrons. The van der Waals surface area contributed by atoms with Crippen LogP contribution in [0.4, 0.5) is 4.39 Å². The average molecular weight is 269 g/mol. The molecule has 0 aliphatic heterocycles. The molecule has 2 aromatic rings. The van der Waals surface area contributed by atoms with E-state index in [1.165, 1.54) is 48.1 Å². The number of halogens is 1. The van der Waals surface area contributed by atoms with Gasteiger partial charge in [0, 0.05) is 6.04 Å². The average Bonchev–Trinajstić information content (AvgIpc) is 2.49. The highest BCUT2D eigenvalue weighted by molar-refractivity contribution is 5.32. The number of aryl methyl sites for hydroxylation is 1. The van der Waals surface area contributed by atoms with Crippen molar-refractivity contribution in [3.05, 3.63) is 71.0 Å². The lowest BCUT2D eigenvalue weighted by Gasteiger charge is -2.26. The minimum atomic E-state index is -0.164. The molecule has 0 amide bonds. The fourth-order valence-corrected chi connectivity index (χ4v) is 3.01. The maximum absolute atomic E-state index is 12.8. The highest BCUT2D eigenvalue weighted by Crippen LogP contribution is 2.29. The van der Waals surface area contributed by atoms with Gasteiger partial charge in [0.2, 0.25) is 0 Å². The number of hydrogen-bond acceptors (Lipinski definition) is 1. The molecule has 3 rings (SSSR count). The zero-order chi connectivity index (χ0) is 13.8. The molecule has 20 heavy (non-hydrogen) atoms. The van der Waals surface area contributed by atoms with Gasteiger partial charge in [-0.05, 0) is 61.1 Å². The fourth-order valence-electron chi connectivity index (χ4n) is 3.01. The monoisotopic (exact) mass is 269 g/mol. The highest BCUT2D eigenvalue weighted by atomic mass is 19.1. The Bertz CT molecular complexity index is 562. The Hall–Kier alpha value is -1.67. The van der Waals surface area contributed by atoms with Gasteiger partial charge in [-0.25, -0.2) is 4.39 Å². The third-order valence-electron chi connectivity index (χ3n) is 4.09. The van der Waals surface area contributed by atoms with Gasteiger partial charge in [0.1, 0.15) is 5.82 Å². The molecule has 2 aromatic carbocycles. The first kappa shape index (κ1) is 13.3. The van der Waals surface area contributed by atoms with Gasteiger partial charge in [0.15, 0.2) is 0 Å². The van der Waals surface area contributed by atoms with Crippen molar-refractivity contribution in [2.75, 3.05) is 6.54 Å². The summed E-state index contributed by atoms with van der Waals surface area (Å²) in [5, 5.41) is 3.65. The Kier molecular flexibility index (Phi) is 4.12. The summed E-state index contributed by atoms with van der Waals surface area (Å²) in [4.78, 5) is 0. The number of hydrogen-bond donors (Lipinski definition) is 1. The van der Waals surface area contributed by atoms with Crippen molar-refractivity contribution in [1.82, 2.24) is 5.32 Å². The fraction of sp³-hybridized carbons (Fsp3) is 0.333. The van der Waals surface area contributed by atoms with E-state index >= 15 is 0 Å². The number of fused-ring (bicyclic) bond motifs is 1. The smallest absolute Gasteiger partial charge is 0.123 e. The summed E-state index contributed by atoms with van der Waals surface area (Å²) in [6.07, 6.45) is 4.61. The van der Waals surface area contributed by atoms with Crippen LogP contribution in [0.1, 0.15) is 35.6 Å². The van der Waals surface area contributed by atoms with Gasteiger partial charge in [-0.15, -0.1) is 0 Å². The zero-order valence-corrected chi connectivity index (χ0v) is 11.6. The molecule has 0 saturated heterocycles. The Labute approximate surface area is 119 Å². The molecule has 0 spiro atoms. The predicted octanol–water partition coefficient (Wildman–Crippen LogP) is 4.04. The summed E-state index contributed by atoms with van der Waals surface area (Å²) in [7, 11) is 0. The molecular formula is C18H20FN. The second-order valence-corrected chi connectivity index (χ2v) is 5.47. The quantitative estimate of drug-likeness (QED) is 0.883. The summed E-state index contributed by atoms with van der Waals surface area (Å²) < 4.78 is 12.8. The van der Waals surface area contributed by atoms with Crippen LogP contribution in [-0.2, 0) is 12.8 Å². The molecule has 0 aromatic heterocycles. The van der Waals surface area contributed by atoms with E-state index in [-0.39, 0.29) is 5.82 Å².